The van der Waals surface area contributed by atoms with Crippen LogP contribution >= 0.6 is 0 Å². The molecule has 14 heavy (non-hydrogen) atoms. The molecule has 0 fully saturated rings. The van der Waals surface area contributed by atoms with Gasteiger partial charge < -0.3 is 10.1 Å². The van der Waals surface area contributed by atoms with Gasteiger partial charge in [-0.15, -0.1) is 0 Å². The minimum atomic E-state index is -0.433. The SMILES string of the molecule is [C-]#[N+]c1cc(C(=O)OC)ccc1NC. The summed E-state index contributed by atoms with van der Waals surface area (Å²) in [5, 5.41) is 2.86. The van der Waals surface area contributed by atoms with Crippen LogP contribution in [0.25, 0.3) is 4.85 Å². The summed E-state index contributed by atoms with van der Waals surface area (Å²) in [5.74, 6) is -0.433. The first-order valence-corrected chi connectivity index (χ1v) is 4.00. The number of carbonyl (C=O) groups excluding carboxylic acids is 1. The number of ether oxygens (including phenoxy) is 1. The molecule has 0 aliphatic rings. The molecule has 0 amide bonds. The van der Waals surface area contributed by atoms with Crippen molar-refractivity contribution in [3.63, 3.8) is 0 Å². The van der Waals surface area contributed by atoms with Crippen LogP contribution in [0.15, 0.2) is 18.2 Å². The molecule has 0 bridgehead atoms. The number of esters is 1. The minimum Gasteiger partial charge on any atom is -0.465 e. The molecule has 72 valence electrons. The van der Waals surface area contributed by atoms with Crippen LogP contribution in [0.2, 0.25) is 0 Å². The average Bonchev–Trinajstić information content (AvgIpc) is 2.26. The van der Waals surface area contributed by atoms with E-state index in [2.05, 4.69) is 14.9 Å². The summed E-state index contributed by atoms with van der Waals surface area (Å²) in [6.45, 7) is 6.92. The highest BCUT2D eigenvalue weighted by Crippen LogP contribution is 2.25. The molecule has 1 N–H and O–H groups in total. The normalized spacial score (nSPS) is 8.93. The van der Waals surface area contributed by atoms with Crippen molar-refractivity contribution in [3.8, 4) is 0 Å². The summed E-state index contributed by atoms with van der Waals surface area (Å²) in [6, 6.07) is 4.80. The molecule has 0 aliphatic heterocycles. The molecule has 4 heteroatoms. The van der Waals surface area contributed by atoms with Crippen molar-refractivity contribution in [2.45, 2.75) is 0 Å². The van der Waals surface area contributed by atoms with E-state index in [1.807, 2.05) is 0 Å². The van der Waals surface area contributed by atoms with Crippen molar-refractivity contribution >= 4 is 17.3 Å². The van der Waals surface area contributed by atoms with Gasteiger partial charge in [0.05, 0.1) is 13.7 Å². The van der Waals surface area contributed by atoms with Crippen molar-refractivity contribution in [1.29, 1.82) is 0 Å². The summed E-state index contributed by atoms with van der Waals surface area (Å²) in [7, 11) is 3.04. The lowest BCUT2D eigenvalue weighted by Gasteiger charge is -2.04. The van der Waals surface area contributed by atoms with Gasteiger partial charge in [0, 0.05) is 18.3 Å². The first kappa shape index (κ1) is 10.1. The lowest BCUT2D eigenvalue weighted by molar-refractivity contribution is 0.0601. The first-order chi connectivity index (χ1) is 6.72. The Hall–Kier alpha value is -2.02. The Balaban J connectivity index is 3.15. The van der Waals surface area contributed by atoms with Gasteiger partial charge in [-0.2, -0.15) is 0 Å². The molecule has 0 saturated heterocycles. The lowest BCUT2D eigenvalue weighted by Crippen LogP contribution is -2.01. The van der Waals surface area contributed by atoms with Gasteiger partial charge in [-0.05, 0) is 18.2 Å². The fourth-order valence-electron chi connectivity index (χ4n) is 1.08. The predicted octanol–water partition coefficient (Wildman–Crippen LogP) is 2.07. The molecule has 0 atom stereocenters. The summed E-state index contributed by atoms with van der Waals surface area (Å²) >= 11 is 0. The van der Waals surface area contributed by atoms with E-state index in [1.54, 1.807) is 19.2 Å². The summed E-state index contributed by atoms with van der Waals surface area (Å²) in [6.07, 6.45) is 0. The second kappa shape index (κ2) is 4.28. The summed E-state index contributed by atoms with van der Waals surface area (Å²) in [4.78, 5) is 14.4. The van der Waals surface area contributed by atoms with Crippen LogP contribution < -0.4 is 5.32 Å². The molecule has 0 spiro atoms. The van der Waals surface area contributed by atoms with E-state index in [0.717, 1.165) is 0 Å². The Bertz CT molecular complexity index is 394. The number of hydrogen-bond donors (Lipinski definition) is 1. The zero-order valence-electron chi connectivity index (χ0n) is 8.00. The Morgan fingerprint density at radius 1 is 1.57 bits per heavy atom. The Labute approximate surface area is 82.3 Å². The molecule has 1 aromatic rings. The number of anilines is 1. The predicted molar refractivity (Wildman–Crippen MR) is 53.6 cm³/mol. The quantitative estimate of drug-likeness (QED) is 0.573. The number of methoxy groups -OCH3 is 1. The maximum absolute atomic E-state index is 11.1. The van der Waals surface area contributed by atoms with Crippen molar-refractivity contribution in [2.24, 2.45) is 0 Å². The monoisotopic (exact) mass is 190 g/mol. The Morgan fingerprint density at radius 3 is 2.79 bits per heavy atom. The maximum Gasteiger partial charge on any atom is 0.336 e. The van der Waals surface area contributed by atoms with Gasteiger partial charge in [0.1, 0.15) is 0 Å². The maximum atomic E-state index is 11.1. The van der Waals surface area contributed by atoms with Crippen molar-refractivity contribution in [2.75, 3.05) is 19.5 Å². The molecule has 0 aliphatic carbocycles. The molecule has 0 heterocycles. The van der Waals surface area contributed by atoms with E-state index < -0.39 is 5.97 Å². The van der Waals surface area contributed by atoms with Crippen molar-refractivity contribution in [3.05, 3.63) is 35.2 Å². The molecule has 4 nitrogen and oxygen atoms in total. The molecule has 0 radical (unpaired) electrons. The smallest absolute Gasteiger partial charge is 0.336 e. The topological polar surface area (TPSA) is 42.7 Å². The highest BCUT2D eigenvalue weighted by atomic mass is 16.5. The van der Waals surface area contributed by atoms with Crippen LogP contribution in [0.1, 0.15) is 10.4 Å². The average molecular weight is 190 g/mol. The van der Waals surface area contributed by atoms with Crippen molar-refractivity contribution in [1.82, 2.24) is 0 Å². The van der Waals surface area contributed by atoms with E-state index in [9.17, 15) is 4.79 Å². The Kier molecular flexibility index (Phi) is 3.08. The van der Waals surface area contributed by atoms with E-state index >= 15 is 0 Å². The number of carbonyl (C=O) groups is 1. The molecule has 0 saturated carbocycles. The van der Waals surface area contributed by atoms with E-state index in [4.69, 9.17) is 6.57 Å². The van der Waals surface area contributed by atoms with Gasteiger partial charge >= 0.3 is 5.97 Å². The van der Waals surface area contributed by atoms with Crippen LogP contribution in [-0.4, -0.2) is 20.1 Å². The molecule has 1 rings (SSSR count). The van der Waals surface area contributed by atoms with Crippen molar-refractivity contribution < 1.29 is 9.53 Å². The highest BCUT2D eigenvalue weighted by Gasteiger charge is 2.08. The van der Waals surface area contributed by atoms with Gasteiger partial charge in [-0.3, -0.25) is 0 Å². The van der Waals surface area contributed by atoms with Crippen LogP contribution in [0, 0.1) is 6.57 Å². The standard InChI is InChI=1S/C10H10N2O2/c1-11-8-5-4-7(10(13)14-3)6-9(8)12-2/h4-6,11H,1,3H3. The van der Waals surface area contributed by atoms with Crippen LogP contribution in [0.3, 0.4) is 0 Å². The van der Waals surface area contributed by atoms with Gasteiger partial charge in [-0.1, -0.05) is 0 Å². The van der Waals surface area contributed by atoms with Crippen LogP contribution in [0.4, 0.5) is 11.4 Å². The largest absolute Gasteiger partial charge is 0.465 e. The van der Waals surface area contributed by atoms with Gasteiger partial charge in [0.2, 0.25) is 5.69 Å². The van der Waals surface area contributed by atoms with E-state index in [0.29, 0.717) is 16.9 Å². The Morgan fingerprint density at radius 2 is 2.29 bits per heavy atom. The highest BCUT2D eigenvalue weighted by molar-refractivity contribution is 5.92. The van der Waals surface area contributed by atoms with Gasteiger partial charge in [0.25, 0.3) is 0 Å². The molecule has 1 aromatic carbocycles. The third-order valence-electron chi connectivity index (χ3n) is 1.81. The van der Waals surface area contributed by atoms with E-state index in [1.165, 1.54) is 13.2 Å². The molecule has 0 aromatic heterocycles. The van der Waals surface area contributed by atoms with Gasteiger partial charge in [-0.25, -0.2) is 9.64 Å². The molecular weight excluding hydrogens is 180 g/mol. The number of benzene rings is 1. The first-order valence-electron chi connectivity index (χ1n) is 4.00. The molecule has 0 unspecified atom stereocenters. The lowest BCUT2D eigenvalue weighted by atomic mass is 10.2. The fraction of sp³-hybridized carbons (Fsp3) is 0.200. The minimum absolute atomic E-state index is 0.387. The van der Waals surface area contributed by atoms with Crippen LogP contribution in [-0.2, 0) is 4.74 Å². The second-order valence-corrected chi connectivity index (χ2v) is 2.59. The number of hydrogen-bond acceptors (Lipinski definition) is 3. The zero-order valence-corrected chi connectivity index (χ0v) is 8.00. The summed E-state index contributed by atoms with van der Waals surface area (Å²) < 4.78 is 4.55. The summed E-state index contributed by atoms with van der Waals surface area (Å²) in [5.41, 5.74) is 1.50. The fourth-order valence-corrected chi connectivity index (χ4v) is 1.08. The van der Waals surface area contributed by atoms with E-state index in [-0.39, 0.29) is 0 Å². The number of nitrogens with zero attached hydrogens (tertiary/aromatic N) is 1. The van der Waals surface area contributed by atoms with Crippen LogP contribution in [0.5, 0.6) is 0 Å². The number of rotatable bonds is 2. The number of nitrogens with one attached hydrogen (secondary N) is 1. The third-order valence-corrected chi connectivity index (χ3v) is 1.81. The second-order valence-electron chi connectivity index (χ2n) is 2.59. The van der Waals surface area contributed by atoms with Gasteiger partial charge in [0.15, 0.2) is 0 Å². The molecular formula is C10H10N2O2. The zero-order chi connectivity index (χ0) is 10.6. The third kappa shape index (κ3) is 1.83.